The van der Waals surface area contributed by atoms with Crippen LogP contribution in [0.3, 0.4) is 0 Å². The highest BCUT2D eigenvalue weighted by Crippen LogP contribution is 2.37. The number of rotatable bonds is 4. The number of benzene rings is 1. The van der Waals surface area contributed by atoms with Crippen LogP contribution in [-0.4, -0.2) is 4.98 Å². The minimum absolute atomic E-state index is 0.473. The van der Waals surface area contributed by atoms with Crippen LogP contribution in [0, 0.1) is 23.7 Å². The zero-order valence-corrected chi connectivity index (χ0v) is 15.0. The maximum atomic E-state index is 12.8. The Morgan fingerprint density at radius 3 is 2.28 bits per heavy atom. The molecule has 0 amide bonds. The average Bonchev–Trinajstić information content (AvgIpc) is 2.67. The molecular formula is C23H26FN. The molecule has 1 fully saturated rings. The van der Waals surface area contributed by atoms with Gasteiger partial charge in [0.25, 0.3) is 0 Å². The van der Waals surface area contributed by atoms with Crippen molar-refractivity contribution in [1.29, 1.82) is 0 Å². The van der Waals surface area contributed by atoms with Crippen molar-refractivity contribution in [2.24, 2.45) is 5.92 Å². The third kappa shape index (κ3) is 5.16. The van der Waals surface area contributed by atoms with Crippen LogP contribution >= 0.6 is 0 Å². The zero-order chi connectivity index (χ0) is 17.5. The minimum atomic E-state index is -0.473. The summed E-state index contributed by atoms with van der Waals surface area (Å²) in [5.41, 5.74) is 3.17. The second kappa shape index (κ2) is 8.81. The number of hydrogen-bond acceptors (Lipinski definition) is 1. The van der Waals surface area contributed by atoms with Gasteiger partial charge in [-0.1, -0.05) is 50.2 Å². The summed E-state index contributed by atoms with van der Waals surface area (Å²) in [6.45, 7) is 2.28. The Labute approximate surface area is 150 Å². The van der Waals surface area contributed by atoms with Crippen molar-refractivity contribution < 1.29 is 4.39 Å². The Morgan fingerprint density at radius 2 is 1.64 bits per heavy atom. The van der Waals surface area contributed by atoms with Gasteiger partial charge < -0.3 is 0 Å². The molecule has 130 valence electrons. The molecule has 2 aromatic rings. The summed E-state index contributed by atoms with van der Waals surface area (Å²) in [7, 11) is 0. The number of aromatic nitrogens is 1. The fourth-order valence-corrected chi connectivity index (χ4v) is 3.71. The Kier molecular flexibility index (Phi) is 6.23. The van der Waals surface area contributed by atoms with Gasteiger partial charge in [-0.2, -0.15) is 4.39 Å². The molecule has 0 atom stereocenters. The third-order valence-corrected chi connectivity index (χ3v) is 5.27. The Balaban J connectivity index is 1.57. The summed E-state index contributed by atoms with van der Waals surface area (Å²) in [5.74, 6) is 7.35. The topological polar surface area (TPSA) is 12.9 Å². The smallest absolute Gasteiger partial charge is 0.212 e. The molecule has 0 bridgehead atoms. The highest BCUT2D eigenvalue weighted by atomic mass is 19.1. The lowest BCUT2D eigenvalue weighted by Crippen LogP contribution is -2.13. The van der Waals surface area contributed by atoms with Gasteiger partial charge in [-0.3, -0.25) is 0 Å². The van der Waals surface area contributed by atoms with Crippen LogP contribution in [-0.2, 0) is 0 Å². The molecule has 1 aliphatic rings. The largest absolute Gasteiger partial charge is 0.227 e. The first kappa shape index (κ1) is 17.7. The van der Waals surface area contributed by atoms with Crippen molar-refractivity contribution in [3.8, 4) is 11.8 Å². The van der Waals surface area contributed by atoms with E-state index in [1.807, 2.05) is 0 Å². The van der Waals surface area contributed by atoms with Gasteiger partial charge in [0.05, 0.1) is 0 Å². The highest BCUT2D eigenvalue weighted by molar-refractivity contribution is 5.42. The van der Waals surface area contributed by atoms with E-state index in [2.05, 4.69) is 48.0 Å². The molecule has 25 heavy (non-hydrogen) atoms. The third-order valence-electron chi connectivity index (χ3n) is 5.27. The van der Waals surface area contributed by atoms with Gasteiger partial charge in [-0.25, -0.2) is 4.98 Å². The Hall–Kier alpha value is -2.14. The minimum Gasteiger partial charge on any atom is -0.227 e. The molecule has 1 aromatic heterocycles. The van der Waals surface area contributed by atoms with E-state index in [0.29, 0.717) is 5.92 Å². The molecule has 1 nitrogen and oxygen atoms in total. The van der Waals surface area contributed by atoms with Crippen molar-refractivity contribution in [3.05, 3.63) is 65.2 Å². The SMILES string of the molecule is CCCCC1CCC(c2ccc(C#Cc3ccc(F)nc3)cc2)CC1. The maximum absolute atomic E-state index is 12.8. The first-order valence-electron chi connectivity index (χ1n) is 9.48. The average molecular weight is 335 g/mol. The van der Waals surface area contributed by atoms with E-state index >= 15 is 0 Å². The molecule has 0 radical (unpaired) electrons. The summed E-state index contributed by atoms with van der Waals surface area (Å²) in [4.78, 5) is 3.62. The van der Waals surface area contributed by atoms with Crippen LogP contribution in [0.1, 0.15) is 74.5 Å². The molecular weight excluding hydrogens is 309 g/mol. The molecule has 1 aromatic carbocycles. The van der Waals surface area contributed by atoms with Crippen LogP contribution in [0.2, 0.25) is 0 Å². The first-order valence-corrected chi connectivity index (χ1v) is 9.48. The van der Waals surface area contributed by atoms with E-state index < -0.39 is 5.95 Å². The van der Waals surface area contributed by atoms with Crippen molar-refractivity contribution in [2.45, 2.75) is 57.8 Å². The fraction of sp³-hybridized carbons (Fsp3) is 0.435. The number of nitrogens with zero attached hydrogens (tertiary/aromatic N) is 1. The molecule has 0 aliphatic heterocycles. The number of halogens is 1. The lowest BCUT2D eigenvalue weighted by atomic mass is 9.77. The lowest BCUT2D eigenvalue weighted by molar-refractivity contribution is 0.304. The number of pyridine rings is 1. The van der Waals surface area contributed by atoms with Crippen LogP contribution in [0.5, 0.6) is 0 Å². The van der Waals surface area contributed by atoms with Gasteiger partial charge in [0.15, 0.2) is 0 Å². The number of unbranched alkanes of at least 4 members (excludes halogenated alkanes) is 1. The molecule has 1 aliphatic carbocycles. The van der Waals surface area contributed by atoms with E-state index in [1.165, 1.54) is 62.8 Å². The van der Waals surface area contributed by atoms with Gasteiger partial charge in [0, 0.05) is 17.3 Å². The van der Waals surface area contributed by atoms with Crippen LogP contribution < -0.4 is 0 Å². The summed E-state index contributed by atoms with van der Waals surface area (Å²) in [6.07, 6.45) is 11.0. The molecule has 0 spiro atoms. The van der Waals surface area contributed by atoms with Crippen molar-refractivity contribution in [3.63, 3.8) is 0 Å². The van der Waals surface area contributed by atoms with Crippen LogP contribution in [0.15, 0.2) is 42.6 Å². The highest BCUT2D eigenvalue weighted by Gasteiger charge is 2.21. The molecule has 2 heteroatoms. The van der Waals surface area contributed by atoms with Gasteiger partial charge in [0.2, 0.25) is 5.95 Å². The van der Waals surface area contributed by atoms with E-state index in [1.54, 1.807) is 6.07 Å². The van der Waals surface area contributed by atoms with E-state index in [9.17, 15) is 4.39 Å². The number of hydrogen-bond donors (Lipinski definition) is 0. The summed E-state index contributed by atoms with van der Waals surface area (Å²) >= 11 is 0. The van der Waals surface area contributed by atoms with Crippen molar-refractivity contribution in [2.75, 3.05) is 0 Å². The standard InChI is InChI=1S/C23H26FN/c1-2-3-4-18-7-12-21(13-8-18)22-14-9-19(10-15-22)5-6-20-11-16-23(24)25-17-20/h9-11,14-18,21H,2-4,7-8,12-13H2,1H3. The maximum Gasteiger partial charge on any atom is 0.212 e. The Morgan fingerprint density at radius 1 is 0.960 bits per heavy atom. The van der Waals surface area contributed by atoms with Crippen LogP contribution in [0.25, 0.3) is 0 Å². The molecule has 0 unspecified atom stereocenters. The normalized spacial score (nSPS) is 19.9. The quantitative estimate of drug-likeness (QED) is 0.487. The molecule has 3 rings (SSSR count). The van der Waals surface area contributed by atoms with Gasteiger partial charge in [-0.15, -0.1) is 0 Å². The van der Waals surface area contributed by atoms with E-state index in [4.69, 9.17) is 0 Å². The monoisotopic (exact) mass is 335 g/mol. The van der Waals surface area contributed by atoms with Crippen LogP contribution in [0.4, 0.5) is 4.39 Å². The van der Waals surface area contributed by atoms with E-state index in [0.717, 1.165) is 17.0 Å². The van der Waals surface area contributed by atoms with Gasteiger partial charge in [-0.05, 0) is 67.3 Å². The van der Waals surface area contributed by atoms with Crippen molar-refractivity contribution >= 4 is 0 Å². The molecule has 1 heterocycles. The van der Waals surface area contributed by atoms with E-state index in [-0.39, 0.29) is 0 Å². The second-order valence-electron chi connectivity index (χ2n) is 7.10. The Bertz CT molecular complexity index is 713. The van der Waals surface area contributed by atoms with Gasteiger partial charge in [0.1, 0.15) is 0 Å². The molecule has 0 N–H and O–H groups in total. The van der Waals surface area contributed by atoms with Crippen molar-refractivity contribution in [1.82, 2.24) is 4.98 Å². The first-order chi connectivity index (χ1) is 12.2. The molecule has 1 saturated carbocycles. The summed E-state index contributed by atoms with van der Waals surface area (Å²) in [5, 5.41) is 0. The summed E-state index contributed by atoms with van der Waals surface area (Å²) < 4.78 is 12.8. The fourth-order valence-electron chi connectivity index (χ4n) is 3.71. The predicted molar refractivity (Wildman–Crippen MR) is 101 cm³/mol. The summed E-state index contributed by atoms with van der Waals surface area (Å²) in [6, 6.07) is 11.6. The molecule has 0 saturated heterocycles. The predicted octanol–water partition coefficient (Wildman–Crippen LogP) is 6.08. The lowest BCUT2D eigenvalue weighted by Gasteiger charge is -2.28. The second-order valence-corrected chi connectivity index (χ2v) is 7.10. The zero-order valence-electron chi connectivity index (χ0n) is 15.0. The van der Waals surface area contributed by atoms with Gasteiger partial charge >= 0.3 is 0 Å².